The van der Waals surface area contributed by atoms with Crippen LogP contribution < -0.4 is 10.9 Å². The summed E-state index contributed by atoms with van der Waals surface area (Å²) in [4.78, 5) is 4.40. The van der Waals surface area contributed by atoms with Crippen LogP contribution in [0.4, 0.5) is 23.2 Å². The molecule has 0 amide bonds. The lowest BCUT2D eigenvalue weighted by Gasteiger charge is -2.19. The number of hydrogen-bond acceptors (Lipinski definition) is 4. The maximum absolute atomic E-state index is 15.2. The number of hydrogen-bond donors (Lipinski definition) is 2. The quantitative estimate of drug-likeness (QED) is 0.373. The van der Waals surface area contributed by atoms with Crippen molar-refractivity contribution in [2.24, 2.45) is 0 Å². The number of fused-ring (bicyclic) bond motifs is 1. The van der Waals surface area contributed by atoms with E-state index in [1.54, 1.807) is 31.2 Å². The molecule has 1 saturated carbocycles. The Hall–Kier alpha value is -3.12. The maximum atomic E-state index is 15.2. The summed E-state index contributed by atoms with van der Waals surface area (Å²) in [5.41, 5.74) is 7.31. The van der Waals surface area contributed by atoms with Crippen LogP contribution in [0.2, 0.25) is 0 Å². The molecule has 3 aromatic rings. The molecule has 5 nitrogen and oxygen atoms in total. The van der Waals surface area contributed by atoms with Crippen molar-refractivity contribution in [3.8, 4) is 17.5 Å². The first-order valence-corrected chi connectivity index (χ1v) is 10.5. The molecule has 0 radical (unpaired) electrons. The van der Waals surface area contributed by atoms with Gasteiger partial charge in [-0.25, -0.2) is 9.82 Å². The summed E-state index contributed by atoms with van der Waals surface area (Å²) in [5.74, 6) is -0.347. The summed E-state index contributed by atoms with van der Waals surface area (Å²) in [6.45, 7) is 2.70. The zero-order chi connectivity index (χ0) is 23.0. The van der Waals surface area contributed by atoms with Gasteiger partial charge >= 0.3 is 6.18 Å². The molecule has 2 heterocycles. The first-order valence-electron chi connectivity index (χ1n) is 10.5. The van der Waals surface area contributed by atoms with Crippen molar-refractivity contribution >= 4 is 16.6 Å². The van der Waals surface area contributed by atoms with Crippen molar-refractivity contribution < 1.29 is 17.6 Å². The Morgan fingerprint density at radius 1 is 1.19 bits per heavy atom. The molecule has 9 heteroatoms. The molecule has 168 valence electrons. The highest BCUT2D eigenvalue weighted by Gasteiger charge is 2.35. The van der Waals surface area contributed by atoms with E-state index in [1.165, 1.54) is 6.20 Å². The summed E-state index contributed by atoms with van der Waals surface area (Å²) in [6.07, 6.45) is 0.829. The predicted molar refractivity (Wildman–Crippen MR) is 114 cm³/mol. The molecule has 1 aromatic carbocycles. The van der Waals surface area contributed by atoms with Crippen LogP contribution in [0.3, 0.4) is 0 Å². The number of alkyl halides is 3. The minimum absolute atomic E-state index is 0.0554. The van der Waals surface area contributed by atoms with Crippen LogP contribution in [0.1, 0.15) is 49.8 Å². The maximum Gasteiger partial charge on any atom is 0.405 e. The largest absolute Gasteiger partial charge is 0.405 e. The first-order chi connectivity index (χ1) is 15.2. The van der Waals surface area contributed by atoms with Gasteiger partial charge in [0.25, 0.3) is 0 Å². The Morgan fingerprint density at radius 3 is 2.50 bits per heavy atom. The van der Waals surface area contributed by atoms with Gasteiger partial charge in [-0.15, -0.1) is 0 Å². The number of nitrogens with zero attached hydrogens (tertiary/aromatic N) is 3. The summed E-state index contributed by atoms with van der Waals surface area (Å²) < 4.78 is 55.2. The average molecular weight is 445 g/mol. The van der Waals surface area contributed by atoms with Crippen molar-refractivity contribution in [1.82, 2.24) is 15.0 Å². The van der Waals surface area contributed by atoms with Crippen LogP contribution in [0.15, 0.2) is 30.5 Å². The minimum atomic E-state index is -4.38. The fourth-order valence-electron chi connectivity index (χ4n) is 4.24. The summed E-state index contributed by atoms with van der Waals surface area (Å²) in [5, 5.41) is 10.5. The molecule has 1 aliphatic carbocycles. The smallest absolute Gasteiger partial charge is 0.333 e. The van der Waals surface area contributed by atoms with E-state index < -0.39 is 12.2 Å². The summed E-state index contributed by atoms with van der Waals surface area (Å²) >= 11 is 0. The van der Waals surface area contributed by atoms with Gasteiger partial charge < -0.3 is 9.99 Å². The first kappa shape index (κ1) is 22.1. The van der Waals surface area contributed by atoms with Gasteiger partial charge in [-0.1, -0.05) is 25.0 Å². The highest BCUT2D eigenvalue weighted by molar-refractivity contribution is 5.95. The Labute approximate surface area is 183 Å². The normalized spacial score (nSPS) is 15.8. The molecule has 0 unspecified atom stereocenters. The molecule has 0 bridgehead atoms. The van der Waals surface area contributed by atoms with Crippen LogP contribution in [-0.2, 0) is 0 Å². The van der Waals surface area contributed by atoms with Crippen LogP contribution in [0, 0.1) is 24.1 Å². The van der Waals surface area contributed by atoms with Crippen LogP contribution in [-0.4, -0.2) is 21.8 Å². The predicted octanol–water partition coefficient (Wildman–Crippen LogP) is 6.00. The Bertz CT molecular complexity index is 1170. The molecule has 2 N–H and O–H groups in total. The molecule has 0 saturated heterocycles. The fraction of sp³-hybridized carbons (Fsp3) is 0.391. The molecular weight excluding hydrogens is 422 g/mol. The Kier molecular flexibility index (Phi) is 5.82. The number of aromatic nitrogens is 2. The van der Waals surface area contributed by atoms with Gasteiger partial charge in [-0.05, 0) is 44.4 Å². The second kappa shape index (κ2) is 8.43. The second-order valence-corrected chi connectivity index (χ2v) is 8.20. The lowest BCUT2D eigenvalue weighted by molar-refractivity contribution is -0.150. The lowest BCUT2D eigenvalue weighted by Crippen LogP contribution is -2.42. The Balaban J connectivity index is 1.78. The van der Waals surface area contributed by atoms with E-state index in [1.807, 2.05) is 4.57 Å². The fourth-order valence-corrected chi connectivity index (χ4v) is 4.24. The van der Waals surface area contributed by atoms with Gasteiger partial charge in [0.1, 0.15) is 17.9 Å². The molecule has 0 spiro atoms. The summed E-state index contributed by atoms with van der Waals surface area (Å²) in [6, 6.07) is 7.17. The number of nitrogens with one attached hydrogen (secondary N) is 2. The zero-order valence-corrected chi connectivity index (χ0v) is 17.7. The van der Waals surface area contributed by atoms with Crippen LogP contribution >= 0.6 is 0 Å². The third kappa shape index (κ3) is 3.91. The van der Waals surface area contributed by atoms with E-state index in [2.05, 4.69) is 21.9 Å². The number of halogens is 4. The number of hydrazine groups is 1. The average Bonchev–Trinajstić information content (AvgIpc) is 3.40. The molecule has 2 aromatic heterocycles. The van der Waals surface area contributed by atoms with Gasteiger partial charge in [0.2, 0.25) is 0 Å². The highest BCUT2D eigenvalue weighted by Crippen LogP contribution is 2.42. The number of nitriles is 1. The molecule has 4 rings (SSSR count). The van der Waals surface area contributed by atoms with Gasteiger partial charge in [-0.2, -0.15) is 18.4 Å². The van der Waals surface area contributed by atoms with Crippen LogP contribution in [0.5, 0.6) is 0 Å². The van der Waals surface area contributed by atoms with Gasteiger partial charge in [0.05, 0.1) is 34.4 Å². The number of anilines is 1. The minimum Gasteiger partial charge on any atom is -0.333 e. The van der Waals surface area contributed by atoms with Gasteiger partial charge in [0.15, 0.2) is 0 Å². The van der Waals surface area contributed by atoms with E-state index in [4.69, 9.17) is 0 Å². The van der Waals surface area contributed by atoms with Crippen molar-refractivity contribution in [2.45, 2.75) is 57.8 Å². The van der Waals surface area contributed by atoms with E-state index >= 15 is 4.39 Å². The zero-order valence-electron chi connectivity index (χ0n) is 17.7. The van der Waals surface area contributed by atoms with Gasteiger partial charge in [-0.3, -0.25) is 4.98 Å². The molecule has 0 aliphatic heterocycles. The number of pyridine rings is 1. The third-order valence-corrected chi connectivity index (χ3v) is 6.03. The monoisotopic (exact) mass is 445 g/mol. The lowest BCUT2D eigenvalue weighted by atomic mass is 10.1. The standard InChI is InChI=1S/C23H23F4N5/c1-13-7-9-17-18(11-28)21(32(22(17)20(13)24)16-5-3-4-6-16)19-10-8-15(12-29-19)31-30-14(2)23(25,26)27/h7-10,12,14,16,30-31H,3-6H2,1-2H3/t14-/m0/s1. The molecule has 1 fully saturated rings. The number of rotatable bonds is 5. The van der Waals surface area contributed by atoms with Crippen molar-refractivity contribution in [2.75, 3.05) is 5.43 Å². The second-order valence-electron chi connectivity index (χ2n) is 8.20. The Morgan fingerprint density at radius 2 is 1.91 bits per heavy atom. The molecule has 1 aliphatic rings. The van der Waals surface area contributed by atoms with Crippen molar-refractivity contribution in [3.05, 3.63) is 47.4 Å². The van der Waals surface area contributed by atoms with Crippen LogP contribution in [0.25, 0.3) is 22.3 Å². The summed E-state index contributed by atoms with van der Waals surface area (Å²) in [7, 11) is 0. The molecular formula is C23H23F4N5. The van der Waals surface area contributed by atoms with Crippen molar-refractivity contribution in [3.63, 3.8) is 0 Å². The van der Waals surface area contributed by atoms with Gasteiger partial charge in [0, 0.05) is 11.4 Å². The SMILES string of the molecule is Cc1ccc2c(C#N)c(-c3ccc(NN[C@@H](C)C(F)(F)F)cn3)n(C3CCCC3)c2c1F. The van der Waals surface area contributed by atoms with E-state index in [-0.39, 0.29) is 11.9 Å². The number of aryl methyl sites for hydroxylation is 1. The van der Waals surface area contributed by atoms with E-state index in [0.29, 0.717) is 39.1 Å². The molecule has 1 atom stereocenters. The highest BCUT2D eigenvalue weighted by atomic mass is 19.4. The third-order valence-electron chi connectivity index (χ3n) is 6.03. The van der Waals surface area contributed by atoms with E-state index in [0.717, 1.165) is 32.6 Å². The van der Waals surface area contributed by atoms with E-state index in [9.17, 15) is 18.4 Å². The van der Waals surface area contributed by atoms with Crippen molar-refractivity contribution in [1.29, 1.82) is 5.26 Å². The topological polar surface area (TPSA) is 65.7 Å². The number of benzene rings is 1. The molecule has 32 heavy (non-hydrogen) atoms.